The fourth-order valence-corrected chi connectivity index (χ4v) is 3.07. The van der Waals surface area contributed by atoms with Crippen molar-refractivity contribution in [2.75, 3.05) is 0 Å². The number of fused-ring (bicyclic) bond motifs is 1. The lowest BCUT2D eigenvalue weighted by Crippen LogP contribution is -2.01. The van der Waals surface area contributed by atoms with Gasteiger partial charge in [0.15, 0.2) is 0 Å². The van der Waals surface area contributed by atoms with Crippen LogP contribution in [0.3, 0.4) is 0 Å². The van der Waals surface area contributed by atoms with Crippen molar-refractivity contribution >= 4 is 51.7 Å². The molecule has 0 aliphatic carbocycles. The molecule has 0 aliphatic rings. The summed E-state index contributed by atoms with van der Waals surface area (Å²) in [5.41, 5.74) is 2.48. The molecule has 1 N–H and O–H groups in total. The highest BCUT2D eigenvalue weighted by molar-refractivity contribution is 6.36. The minimum atomic E-state index is -1.04. The molecule has 1 heterocycles. The lowest BCUT2D eigenvalue weighted by Gasteiger charge is -2.11. The van der Waals surface area contributed by atoms with E-state index in [1.54, 1.807) is 37.3 Å². The first-order valence-electron chi connectivity index (χ1n) is 6.67. The van der Waals surface area contributed by atoms with Gasteiger partial charge >= 0.3 is 5.97 Å². The topological polar surface area (TPSA) is 50.2 Å². The van der Waals surface area contributed by atoms with Gasteiger partial charge in [-0.1, -0.05) is 40.9 Å². The summed E-state index contributed by atoms with van der Waals surface area (Å²) < 4.78 is 0. The van der Waals surface area contributed by atoms with Crippen LogP contribution in [0, 0.1) is 6.92 Å². The Labute approximate surface area is 147 Å². The van der Waals surface area contributed by atoms with Crippen molar-refractivity contribution < 1.29 is 9.90 Å². The molecule has 1 aromatic heterocycles. The van der Waals surface area contributed by atoms with Crippen LogP contribution in [0.5, 0.6) is 0 Å². The molecule has 3 nitrogen and oxygen atoms in total. The van der Waals surface area contributed by atoms with Gasteiger partial charge in [0.2, 0.25) is 0 Å². The minimum Gasteiger partial charge on any atom is -0.478 e. The number of aromatic nitrogens is 1. The molecule has 0 unspecified atom stereocenters. The Hall–Kier alpha value is -1.81. The van der Waals surface area contributed by atoms with Crippen LogP contribution in [0.15, 0.2) is 36.4 Å². The summed E-state index contributed by atoms with van der Waals surface area (Å²) in [6.45, 7) is 1.80. The maximum atomic E-state index is 11.6. The number of carbonyl (C=O) groups is 1. The molecule has 0 amide bonds. The molecule has 0 spiro atoms. The number of nitrogens with zero attached hydrogens (tertiary/aromatic N) is 1. The molecule has 6 heteroatoms. The standard InChI is InChI=1S/C17H10Cl3NO2/c1-8-13(19)5-4-10-12(17(22)23)7-15(21-16(8)10)11-3-2-9(18)6-14(11)20/h2-7H,1H3,(H,22,23). The molecule has 0 radical (unpaired) electrons. The fourth-order valence-electron chi connectivity index (χ4n) is 2.42. The highest BCUT2D eigenvalue weighted by Gasteiger charge is 2.16. The number of carboxylic acids is 1. The van der Waals surface area contributed by atoms with E-state index in [1.165, 1.54) is 6.07 Å². The Bertz CT molecular complexity index is 954. The van der Waals surface area contributed by atoms with Crippen LogP contribution in [-0.2, 0) is 0 Å². The highest BCUT2D eigenvalue weighted by atomic mass is 35.5. The third-order valence-corrected chi connectivity index (χ3v) is 4.56. The first-order valence-corrected chi connectivity index (χ1v) is 7.80. The molecule has 0 atom stereocenters. The third kappa shape index (κ3) is 2.88. The van der Waals surface area contributed by atoms with Gasteiger partial charge in [0.05, 0.1) is 21.8 Å². The van der Waals surface area contributed by atoms with Crippen LogP contribution in [0.1, 0.15) is 15.9 Å². The second-order valence-electron chi connectivity index (χ2n) is 5.05. The van der Waals surface area contributed by atoms with Crippen molar-refractivity contribution in [2.24, 2.45) is 0 Å². The van der Waals surface area contributed by atoms with E-state index >= 15 is 0 Å². The zero-order valence-corrected chi connectivity index (χ0v) is 14.2. The number of pyridine rings is 1. The summed E-state index contributed by atoms with van der Waals surface area (Å²) >= 11 is 18.3. The molecule has 0 bridgehead atoms. The van der Waals surface area contributed by atoms with Gasteiger partial charge in [-0.2, -0.15) is 0 Å². The second-order valence-corrected chi connectivity index (χ2v) is 6.30. The summed E-state index contributed by atoms with van der Waals surface area (Å²) in [7, 11) is 0. The number of aromatic carboxylic acids is 1. The number of rotatable bonds is 2. The monoisotopic (exact) mass is 365 g/mol. The molecule has 3 aromatic rings. The van der Waals surface area contributed by atoms with Crippen LogP contribution in [-0.4, -0.2) is 16.1 Å². The Kier molecular flexibility index (Phi) is 4.19. The summed E-state index contributed by atoms with van der Waals surface area (Å²) in [5.74, 6) is -1.04. The predicted octanol–water partition coefficient (Wildman–Crippen LogP) is 5.87. The zero-order chi connectivity index (χ0) is 16.7. The number of carboxylic acid groups (broad SMARTS) is 1. The lowest BCUT2D eigenvalue weighted by atomic mass is 10.0. The molecule has 116 valence electrons. The van der Waals surface area contributed by atoms with E-state index in [1.807, 2.05) is 0 Å². The molecular formula is C17H10Cl3NO2. The highest BCUT2D eigenvalue weighted by Crippen LogP contribution is 2.33. The molecule has 0 fully saturated rings. The van der Waals surface area contributed by atoms with Crippen LogP contribution in [0.2, 0.25) is 15.1 Å². The lowest BCUT2D eigenvalue weighted by molar-refractivity contribution is 0.0699. The van der Waals surface area contributed by atoms with E-state index in [0.717, 1.165) is 5.56 Å². The Morgan fingerprint density at radius 3 is 2.43 bits per heavy atom. The van der Waals surface area contributed by atoms with Gasteiger partial charge in [-0.3, -0.25) is 0 Å². The zero-order valence-electron chi connectivity index (χ0n) is 11.9. The quantitative estimate of drug-likeness (QED) is 0.617. The first kappa shape index (κ1) is 16.1. The van der Waals surface area contributed by atoms with E-state index in [4.69, 9.17) is 34.8 Å². The van der Waals surface area contributed by atoms with Crippen LogP contribution < -0.4 is 0 Å². The average molecular weight is 367 g/mol. The Balaban J connectivity index is 2.38. The molecule has 2 aromatic carbocycles. The number of benzene rings is 2. The van der Waals surface area contributed by atoms with Gasteiger partial charge in [0.25, 0.3) is 0 Å². The normalized spacial score (nSPS) is 11.0. The maximum absolute atomic E-state index is 11.6. The van der Waals surface area contributed by atoms with Crippen LogP contribution in [0.25, 0.3) is 22.2 Å². The van der Waals surface area contributed by atoms with Gasteiger partial charge in [-0.15, -0.1) is 0 Å². The number of hydrogen-bond acceptors (Lipinski definition) is 2. The summed E-state index contributed by atoms with van der Waals surface area (Å²) in [6.07, 6.45) is 0. The molecule has 0 aliphatic heterocycles. The predicted molar refractivity (Wildman–Crippen MR) is 93.9 cm³/mol. The Morgan fingerprint density at radius 1 is 1.04 bits per heavy atom. The van der Waals surface area contributed by atoms with Gasteiger partial charge in [-0.25, -0.2) is 9.78 Å². The van der Waals surface area contributed by atoms with Crippen LogP contribution in [0.4, 0.5) is 0 Å². The second kappa shape index (κ2) is 6.00. The van der Waals surface area contributed by atoms with E-state index in [2.05, 4.69) is 4.98 Å². The van der Waals surface area contributed by atoms with E-state index in [0.29, 0.717) is 37.2 Å². The molecule has 3 rings (SSSR count). The largest absolute Gasteiger partial charge is 0.478 e. The first-order chi connectivity index (χ1) is 10.9. The summed E-state index contributed by atoms with van der Waals surface area (Å²) in [5, 5.41) is 11.5. The Morgan fingerprint density at radius 2 is 1.78 bits per heavy atom. The SMILES string of the molecule is Cc1c(Cl)ccc2c(C(=O)O)cc(-c3ccc(Cl)cc3Cl)nc12. The van der Waals surface area contributed by atoms with E-state index < -0.39 is 5.97 Å². The average Bonchev–Trinajstić information content (AvgIpc) is 2.50. The fraction of sp³-hybridized carbons (Fsp3) is 0.0588. The van der Waals surface area contributed by atoms with Crippen molar-refractivity contribution in [3.8, 4) is 11.3 Å². The number of hydrogen-bond donors (Lipinski definition) is 1. The van der Waals surface area contributed by atoms with Gasteiger partial charge < -0.3 is 5.11 Å². The maximum Gasteiger partial charge on any atom is 0.336 e. The minimum absolute atomic E-state index is 0.149. The summed E-state index contributed by atoms with van der Waals surface area (Å²) in [6, 6.07) is 9.82. The molecule has 0 saturated heterocycles. The summed E-state index contributed by atoms with van der Waals surface area (Å²) in [4.78, 5) is 16.2. The molecular weight excluding hydrogens is 357 g/mol. The van der Waals surface area contributed by atoms with Crippen molar-refractivity contribution in [2.45, 2.75) is 6.92 Å². The van der Waals surface area contributed by atoms with Crippen molar-refractivity contribution in [3.05, 3.63) is 62.6 Å². The number of aryl methyl sites for hydroxylation is 1. The van der Waals surface area contributed by atoms with E-state index in [9.17, 15) is 9.90 Å². The van der Waals surface area contributed by atoms with Crippen molar-refractivity contribution in [1.82, 2.24) is 4.98 Å². The van der Waals surface area contributed by atoms with Gasteiger partial charge in [0.1, 0.15) is 0 Å². The van der Waals surface area contributed by atoms with Crippen LogP contribution >= 0.6 is 34.8 Å². The molecule has 0 saturated carbocycles. The molecule has 23 heavy (non-hydrogen) atoms. The van der Waals surface area contributed by atoms with Crippen molar-refractivity contribution in [3.63, 3.8) is 0 Å². The number of halogens is 3. The van der Waals surface area contributed by atoms with Gasteiger partial charge in [0, 0.05) is 21.0 Å². The van der Waals surface area contributed by atoms with Crippen molar-refractivity contribution in [1.29, 1.82) is 0 Å². The smallest absolute Gasteiger partial charge is 0.336 e. The van der Waals surface area contributed by atoms with E-state index in [-0.39, 0.29) is 5.56 Å². The van der Waals surface area contributed by atoms with Gasteiger partial charge in [-0.05, 0) is 42.8 Å². The third-order valence-electron chi connectivity index (χ3n) is 3.61.